The van der Waals surface area contributed by atoms with E-state index >= 15 is 0 Å². The Morgan fingerprint density at radius 3 is 2.95 bits per heavy atom. The standard InChI is InChI=1S/C15H18N4O/c1-19-8-7-17-15(19)14(12-4-5-12)18-13(20)9-11-3-2-6-16-10-11/h2-3,6-8,10,12,14H,4-5,9H2,1H3,(H,18,20)/t14-/m0/s1. The van der Waals surface area contributed by atoms with Crippen molar-refractivity contribution < 1.29 is 4.79 Å². The number of hydrogen-bond acceptors (Lipinski definition) is 3. The molecule has 3 rings (SSSR count). The number of rotatable bonds is 5. The van der Waals surface area contributed by atoms with Crippen LogP contribution in [0.5, 0.6) is 0 Å². The minimum absolute atomic E-state index is 0.0258. The fraction of sp³-hybridized carbons (Fsp3) is 0.400. The summed E-state index contributed by atoms with van der Waals surface area (Å²) in [6, 6.07) is 3.79. The van der Waals surface area contributed by atoms with Gasteiger partial charge in [0, 0.05) is 31.8 Å². The molecule has 1 N–H and O–H groups in total. The number of hydrogen-bond donors (Lipinski definition) is 1. The molecule has 0 aromatic carbocycles. The lowest BCUT2D eigenvalue weighted by atomic mass is 10.1. The highest BCUT2D eigenvalue weighted by Crippen LogP contribution is 2.40. The summed E-state index contributed by atoms with van der Waals surface area (Å²) in [4.78, 5) is 20.6. The molecule has 1 amide bonds. The molecular formula is C15H18N4O. The Hall–Kier alpha value is -2.17. The Balaban J connectivity index is 1.68. The minimum atomic E-state index is 0.0258. The summed E-state index contributed by atoms with van der Waals surface area (Å²) in [5.74, 6) is 1.49. The minimum Gasteiger partial charge on any atom is -0.346 e. The van der Waals surface area contributed by atoms with Crippen molar-refractivity contribution in [2.75, 3.05) is 0 Å². The second kappa shape index (κ2) is 5.45. The summed E-state index contributed by atoms with van der Waals surface area (Å²) in [5, 5.41) is 3.12. The molecule has 0 saturated heterocycles. The predicted octanol–water partition coefficient (Wildman–Crippen LogP) is 1.63. The van der Waals surface area contributed by atoms with Crippen LogP contribution in [0.25, 0.3) is 0 Å². The fourth-order valence-corrected chi connectivity index (χ4v) is 2.41. The van der Waals surface area contributed by atoms with E-state index in [2.05, 4.69) is 15.3 Å². The molecule has 0 unspecified atom stereocenters. The van der Waals surface area contributed by atoms with E-state index in [-0.39, 0.29) is 11.9 Å². The lowest BCUT2D eigenvalue weighted by Gasteiger charge is -2.18. The number of nitrogens with one attached hydrogen (secondary N) is 1. The zero-order chi connectivity index (χ0) is 13.9. The van der Waals surface area contributed by atoms with Gasteiger partial charge in [0.15, 0.2) is 0 Å². The monoisotopic (exact) mass is 270 g/mol. The number of carbonyl (C=O) groups excluding carboxylic acids is 1. The van der Waals surface area contributed by atoms with Crippen LogP contribution in [0.2, 0.25) is 0 Å². The Labute approximate surface area is 118 Å². The van der Waals surface area contributed by atoms with E-state index in [1.54, 1.807) is 18.6 Å². The number of amides is 1. The Morgan fingerprint density at radius 1 is 1.50 bits per heavy atom. The highest BCUT2D eigenvalue weighted by atomic mass is 16.1. The van der Waals surface area contributed by atoms with Crippen LogP contribution in [-0.4, -0.2) is 20.4 Å². The van der Waals surface area contributed by atoms with Crippen LogP contribution in [0.1, 0.15) is 30.3 Å². The molecule has 5 nitrogen and oxygen atoms in total. The molecule has 2 heterocycles. The molecule has 1 aliphatic carbocycles. The third kappa shape index (κ3) is 2.87. The van der Waals surface area contributed by atoms with E-state index in [1.807, 2.05) is 29.9 Å². The molecule has 0 spiro atoms. The number of imidazole rings is 1. The van der Waals surface area contributed by atoms with Crippen LogP contribution in [0.3, 0.4) is 0 Å². The fourth-order valence-electron chi connectivity index (χ4n) is 2.41. The molecule has 5 heteroatoms. The molecule has 2 aromatic rings. The van der Waals surface area contributed by atoms with Crippen LogP contribution in [0, 0.1) is 5.92 Å². The van der Waals surface area contributed by atoms with Crippen molar-refractivity contribution in [2.45, 2.75) is 25.3 Å². The third-order valence-electron chi connectivity index (χ3n) is 3.63. The maximum Gasteiger partial charge on any atom is 0.225 e. The van der Waals surface area contributed by atoms with Gasteiger partial charge in [-0.2, -0.15) is 0 Å². The van der Waals surface area contributed by atoms with Gasteiger partial charge < -0.3 is 9.88 Å². The number of carbonyl (C=O) groups is 1. The maximum absolute atomic E-state index is 12.2. The third-order valence-corrected chi connectivity index (χ3v) is 3.63. The van der Waals surface area contributed by atoms with E-state index in [9.17, 15) is 4.79 Å². The van der Waals surface area contributed by atoms with Crippen molar-refractivity contribution in [1.82, 2.24) is 19.9 Å². The largest absolute Gasteiger partial charge is 0.346 e. The van der Waals surface area contributed by atoms with Gasteiger partial charge in [0.05, 0.1) is 12.5 Å². The lowest BCUT2D eigenvalue weighted by molar-refractivity contribution is -0.121. The van der Waals surface area contributed by atoms with Gasteiger partial charge >= 0.3 is 0 Å². The molecule has 1 atom stereocenters. The van der Waals surface area contributed by atoms with Crippen LogP contribution in [0.4, 0.5) is 0 Å². The summed E-state index contributed by atoms with van der Waals surface area (Å²) in [6.07, 6.45) is 9.81. The molecule has 1 fully saturated rings. The zero-order valence-electron chi connectivity index (χ0n) is 11.5. The SMILES string of the molecule is Cn1ccnc1[C@@H](NC(=O)Cc1cccnc1)C1CC1. The van der Waals surface area contributed by atoms with E-state index < -0.39 is 0 Å². The number of aryl methyl sites for hydroxylation is 1. The van der Waals surface area contributed by atoms with Gasteiger partial charge in [0.1, 0.15) is 5.82 Å². The normalized spacial score (nSPS) is 15.8. The summed E-state index contributed by atoms with van der Waals surface area (Å²) < 4.78 is 1.98. The molecule has 20 heavy (non-hydrogen) atoms. The van der Waals surface area contributed by atoms with E-state index in [4.69, 9.17) is 0 Å². The highest BCUT2D eigenvalue weighted by molar-refractivity contribution is 5.78. The molecule has 1 saturated carbocycles. The predicted molar refractivity (Wildman–Crippen MR) is 74.8 cm³/mol. The lowest BCUT2D eigenvalue weighted by Crippen LogP contribution is -2.32. The molecule has 1 aliphatic rings. The van der Waals surface area contributed by atoms with Crippen molar-refractivity contribution in [3.8, 4) is 0 Å². The van der Waals surface area contributed by atoms with Crippen molar-refractivity contribution in [3.63, 3.8) is 0 Å². The Kier molecular flexibility index (Phi) is 3.50. The number of pyridine rings is 1. The van der Waals surface area contributed by atoms with E-state index in [1.165, 1.54) is 0 Å². The van der Waals surface area contributed by atoms with E-state index in [0.29, 0.717) is 12.3 Å². The van der Waals surface area contributed by atoms with Gasteiger partial charge in [-0.15, -0.1) is 0 Å². The average Bonchev–Trinajstić information content (AvgIpc) is 3.20. The van der Waals surface area contributed by atoms with Crippen molar-refractivity contribution in [2.24, 2.45) is 13.0 Å². The van der Waals surface area contributed by atoms with Crippen molar-refractivity contribution >= 4 is 5.91 Å². The van der Waals surface area contributed by atoms with Crippen molar-refractivity contribution in [1.29, 1.82) is 0 Å². The summed E-state index contributed by atoms with van der Waals surface area (Å²) in [6.45, 7) is 0. The molecule has 0 radical (unpaired) electrons. The van der Waals surface area contributed by atoms with Gasteiger partial charge in [0.25, 0.3) is 0 Å². The first-order valence-corrected chi connectivity index (χ1v) is 6.89. The molecule has 2 aromatic heterocycles. The second-order valence-corrected chi connectivity index (χ2v) is 5.32. The molecule has 0 bridgehead atoms. The Bertz CT molecular complexity index is 589. The first kappa shape index (κ1) is 12.8. The average molecular weight is 270 g/mol. The smallest absolute Gasteiger partial charge is 0.225 e. The van der Waals surface area contributed by atoms with Crippen LogP contribution in [-0.2, 0) is 18.3 Å². The first-order valence-electron chi connectivity index (χ1n) is 6.89. The zero-order valence-corrected chi connectivity index (χ0v) is 11.5. The highest BCUT2D eigenvalue weighted by Gasteiger charge is 2.35. The maximum atomic E-state index is 12.2. The summed E-state index contributed by atoms with van der Waals surface area (Å²) >= 11 is 0. The number of nitrogens with zero attached hydrogens (tertiary/aromatic N) is 3. The topological polar surface area (TPSA) is 59.8 Å². The first-order chi connectivity index (χ1) is 9.74. The van der Waals surface area contributed by atoms with Crippen LogP contribution >= 0.6 is 0 Å². The molecular weight excluding hydrogens is 252 g/mol. The molecule has 104 valence electrons. The van der Waals surface area contributed by atoms with Gasteiger partial charge in [-0.1, -0.05) is 6.07 Å². The van der Waals surface area contributed by atoms with Crippen LogP contribution < -0.4 is 5.32 Å². The number of aromatic nitrogens is 3. The van der Waals surface area contributed by atoms with Gasteiger partial charge in [-0.3, -0.25) is 9.78 Å². The Morgan fingerprint density at radius 2 is 2.35 bits per heavy atom. The van der Waals surface area contributed by atoms with E-state index in [0.717, 1.165) is 24.2 Å². The van der Waals surface area contributed by atoms with Crippen LogP contribution in [0.15, 0.2) is 36.9 Å². The second-order valence-electron chi connectivity index (χ2n) is 5.32. The van der Waals surface area contributed by atoms with Gasteiger partial charge in [0.2, 0.25) is 5.91 Å². The summed E-state index contributed by atoms with van der Waals surface area (Å²) in [7, 11) is 1.96. The summed E-state index contributed by atoms with van der Waals surface area (Å²) in [5.41, 5.74) is 0.930. The van der Waals surface area contributed by atoms with Gasteiger partial charge in [-0.25, -0.2) is 4.98 Å². The quantitative estimate of drug-likeness (QED) is 0.898. The molecule has 0 aliphatic heterocycles. The van der Waals surface area contributed by atoms with Gasteiger partial charge in [-0.05, 0) is 30.4 Å². The van der Waals surface area contributed by atoms with Crippen molar-refractivity contribution in [3.05, 3.63) is 48.3 Å².